The van der Waals surface area contributed by atoms with Gasteiger partial charge in [0.25, 0.3) is 0 Å². The molecule has 0 amide bonds. The molecule has 0 saturated heterocycles. The van der Waals surface area contributed by atoms with E-state index in [-0.39, 0.29) is 10.6 Å². The van der Waals surface area contributed by atoms with Crippen molar-refractivity contribution in [2.45, 2.75) is 30.4 Å². The maximum atomic E-state index is 13.3. The van der Waals surface area contributed by atoms with Gasteiger partial charge in [0.15, 0.2) is 0 Å². The lowest BCUT2D eigenvalue weighted by Gasteiger charge is -2.27. The first-order valence-corrected chi connectivity index (χ1v) is 7.40. The molecule has 1 N–H and O–H groups in total. The highest BCUT2D eigenvalue weighted by Gasteiger charge is 2.32. The van der Waals surface area contributed by atoms with E-state index in [4.69, 9.17) is 5.26 Å². The number of anilines is 1. The largest absolute Gasteiger partial charge is 0.384 e. The minimum absolute atomic E-state index is 0.277. The number of benzene rings is 1. The third-order valence-corrected chi connectivity index (χ3v) is 5.01. The van der Waals surface area contributed by atoms with Crippen LogP contribution in [-0.2, 0) is 0 Å². The zero-order valence-corrected chi connectivity index (χ0v) is 11.3. The maximum Gasteiger partial charge on any atom is 0.126 e. The van der Waals surface area contributed by atoms with Crippen LogP contribution in [0.3, 0.4) is 0 Å². The van der Waals surface area contributed by atoms with Crippen molar-refractivity contribution in [1.82, 2.24) is 0 Å². The zero-order valence-electron chi connectivity index (χ0n) is 10.5. The number of rotatable bonds is 4. The minimum atomic E-state index is -0.360. The Morgan fingerprint density at radius 2 is 2.11 bits per heavy atom. The van der Waals surface area contributed by atoms with Crippen molar-refractivity contribution in [3.63, 3.8) is 0 Å². The zero-order chi connectivity index (χ0) is 13.0. The molecular weight excluding hydrogens is 247 g/mol. The van der Waals surface area contributed by atoms with Gasteiger partial charge in [0, 0.05) is 17.0 Å². The minimum Gasteiger partial charge on any atom is -0.384 e. The van der Waals surface area contributed by atoms with E-state index in [1.54, 1.807) is 6.07 Å². The van der Waals surface area contributed by atoms with Gasteiger partial charge in [-0.3, -0.25) is 0 Å². The number of nitrogens with zero attached hydrogens (tertiary/aromatic N) is 1. The van der Waals surface area contributed by atoms with Crippen LogP contribution in [0.15, 0.2) is 18.2 Å². The molecule has 1 fully saturated rings. The molecule has 0 atom stereocenters. The SMILES string of the molecule is CSC1(CNc2cc(F)cc(C#N)c2)CCCC1. The van der Waals surface area contributed by atoms with Crippen LogP contribution in [0.1, 0.15) is 31.2 Å². The molecule has 1 saturated carbocycles. The van der Waals surface area contributed by atoms with Crippen molar-refractivity contribution < 1.29 is 4.39 Å². The topological polar surface area (TPSA) is 35.8 Å². The fourth-order valence-electron chi connectivity index (χ4n) is 2.49. The van der Waals surface area contributed by atoms with Crippen LogP contribution >= 0.6 is 11.8 Å². The number of thioether (sulfide) groups is 1. The lowest BCUT2D eigenvalue weighted by atomic mass is 10.1. The molecule has 1 aromatic rings. The standard InChI is InChI=1S/C14H17FN2S/c1-18-14(4-2-3-5-14)10-17-13-7-11(9-16)6-12(15)8-13/h6-8,17H,2-5,10H2,1H3. The number of nitriles is 1. The Morgan fingerprint density at radius 3 is 2.72 bits per heavy atom. The molecule has 0 aliphatic heterocycles. The second kappa shape index (κ2) is 5.62. The molecule has 0 bridgehead atoms. The predicted molar refractivity (Wildman–Crippen MR) is 74.3 cm³/mol. The van der Waals surface area contributed by atoms with Crippen molar-refractivity contribution in [2.75, 3.05) is 18.1 Å². The molecule has 1 aliphatic carbocycles. The first kappa shape index (κ1) is 13.2. The highest BCUT2D eigenvalue weighted by atomic mass is 32.2. The third kappa shape index (κ3) is 2.97. The molecule has 4 heteroatoms. The predicted octanol–water partition coefficient (Wildman–Crippen LogP) is 3.79. The molecule has 2 rings (SSSR count). The van der Waals surface area contributed by atoms with E-state index in [9.17, 15) is 4.39 Å². The average Bonchev–Trinajstić information content (AvgIpc) is 2.85. The van der Waals surface area contributed by atoms with Crippen LogP contribution in [0.25, 0.3) is 0 Å². The Hall–Kier alpha value is -1.21. The quantitative estimate of drug-likeness (QED) is 0.899. The maximum absolute atomic E-state index is 13.3. The van der Waals surface area contributed by atoms with Crippen LogP contribution in [0, 0.1) is 17.1 Å². The Labute approximate surface area is 112 Å². The number of halogens is 1. The smallest absolute Gasteiger partial charge is 0.126 e. The lowest BCUT2D eigenvalue weighted by Crippen LogP contribution is -2.30. The summed E-state index contributed by atoms with van der Waals surface area (Å²) in [5, 5.41) is 12.1. The fraction of sp³-hybridized carbons (Fsp3) is 0.500. The van der Waals surface area contributed by atoms with E-state index in [0.717, 1.165) is 6.54 Å². The summed E-state index contributed by atoms with van der Waals surface area (Å²) in [6, 6.07) is 6.38. The van der Waals surface area contributed by atoms with E-state index in [0.29, 0.717) is 11.3 Å². The van der Waals surface area contributed by atoms with Gasteiger partial charge >= 0.3 is 0 Å². The Balaban J connectivity index is 2.06. The summed E-state index contributed by atoms with van der Waals surface area (Å²) in [5.41, 5.74) is 1.06. The Kier molecular flexibility index (Phi) is 4.13. The molecule has 1 aliphatic rings. The van der Waals surface area contributed by atoms with Gasteiger partial charge in [-0.1, -0.05) is 12.8 Å². The van der Waals surface area contributed by atoms with Gasteiger partial charge < -0.3 is 5.32 Å². The van der Waals surface area contributed by atoms with Crippen LogP contribution in [0.5, 0.6) is 0 Å². The van der Waals surface area contributed by atoms with Crippen LogP contribution < -0.4 is 5.32 Å². The molecule has 0 spiro atoms. The molecule has 0 aromatic heterocycles. The van der Waals surface area contributed by atoms with Crippen molar-refractivity contribution in [2.24, 2.45) is 0 Å². The summed E-state index contributed by atoms with van der Waals surface area (Å²) in [5.74, 6) is -0.360. The summed E-state index contributed by atoms with van der Waals surface area (Å²) >= 11 is 1.89. The van der Waals surface area contributed by atoms with Gasteiger partial charge in [-0.15, -0.1) is 0 Å². The highest BCUT2D eigenvalue weighted by Crippen LogP contribution is 2.40. The molecule has 18 heavy (non-hydrogen) atoms. The first-order chi connectivity index (χ1) is 8.67. The van der Waals surface area contributed by atoms with Gasteiger partial charge in [0.05, 0.1) is 11.6 Å². The number of hydrogen-bond donors (Lipinski definition) is 1. The van der Waals surface area contributed by atoms with E-state index in [1.165, 1.54) is 37.8 Å². The molecule has 0 heterocycles. The second-order valence-electron chi connectivity index (χ2n) is 4.79. The average molecular weight is 264 g/mol. The molecule has 0 radical (unpaired) electrons. The molecule has 2 nitrogen and oxygen atoms in total. The van der Waals surface area contributed by atoms with E-state index < -0.39 is 0 Å². The van der Waals surface area contributed by atoms with Gasteiger partial charge in [-0.25, -0.2) is 4.39 Å². The van der Waals surface area contributed by atoms with Crippen molar-refractivity contribution in [3.8, 4) is 6.07 Å². The normalized spacial score (nSPS) is 17.4. The van der Waals surface area contributed by atoms with Crippen molar-refractivity contribution >= 4 is 17.4 Å². The number of hydrogen-bond acceptors (Lipinski definition) is 3. The lowest BCUT2D eigenvalue weighted by molar-refractivity contribution is 0.624. The van der Waals surface area contributed by atoms with Crippen LogP contribution in [0.4, 0.5) is 10.1 Å². The summed E-state index contributed by atoms with van der Waals surface area (Å²) < 4.78 is 13.6. The van der Waals surface area contributed by atoms with Gasteiger partial charge in [0.2, 0.25) is 0 Å². The van der Waals surface area contributed by atoms with Gasteiger partial charge in [-0.05, 0) is 37.3 Å². The molecule has 1 aromatic carbocycles. The first-order valence-electron chi connectivity index (χ1n) is 6.17. The monoisotopic (exact) mass is 264 g/mol. The summed E-state index contributed by atoms with van der Waals surface area (Å²) in [4.78, 5) is 0. The third-order valence-electron chi connectivity index (χ3n) is 3.59. The molecule has 0 unspecified atom stereocenters. The Morgan fingerprint density at radius 1 is 1.39 bits per heavy atom. The van der Waals surface area contributed by atoms with Crippen LogP contribution in [0.2, 0.25) is 0 Å². The highest BCUT2D eigenvalue weighted by molar-refractivity contribution is 8.00. The summed E-state index contributed by atoms with van der Waals surface area (Å²) in [6.45, 7) is 0.836. The van der Waals surface area contributed by atoms with Gasteiger partial charge in [-0.2, -0.15) is 17.0 Å². The summed E-state index contributed by atoms with van der Waals surface area (Å²) in [6.07, 6.45) is 7.10. The van der Waals surface area contributed by atoms with Crippen molar-refractivity contribution in [1.29, 1.82) is 5.26 Å². The molecule has 96 valence electrons. The van der Waals surface area contributed by atoms with E-state index in [2.05, 4.69) is 11.6 Å². The van der Waals surface area contributed by atoms with E-state index in [1.807, 2.05) is 17.8 Å². The summed E-state index contributed by atoms with van der Waals surface area (Å²) in [7, 11) is 0. The van der Waals surface area contributed by atoms with Crippen LogP contribution in [-0.4, -0.2) is 17.5 Å². The molecular formula is C14H17FN2S. The second-order valence-corrected chi connectivity index (χ2v) is 6.06. The number of nitrogens with one attached hydrogen (secondary N) is 1. The Bertz CT molecular complexity index is 461. The van der Waals surface area contributed by atoms with Crippen molar-refractivity contribution in [3.05, 3.63) is 29.6 Å². The van der Waals surface area contributed by atoms with Gasteiger partial charge in [0.1, 0.15) is 5.82 Å². The fourth-order valence-corrected chi connectivity index (χ4v) is 3.41. The van der Waals surface area contributed by atoms with E-state index >= 15 is 0 Å².